The Balaban J connectivity index is 0.00000294. The first kappa shape index (κ1) is 26.1. The summed E-state index contributed by atoms with van der Waals surface area (Å²) in [5, 5.41) is 11.9. The number of phenols is 1. The number of rotatable bonds is 3. The second-order valence-corrected chi connectivity index (χ2v) is 10.7. The van der Waals surface area contributed by atoms with Crippen molar-refractivity contribution in [2.24, 2.45) is 0 Å². The predicted molar refractivity (Wildman–Crippen MR) is 151 cm³/mol. The van der Waals surface area contributed by atoms with E-state index in [-0.39, 0.29) is 38.1 Å². The first-order valence-corrected chi connectivity index (χ1v) is 12.8. The number of aryl methyl sites for hydroxylation is 1. The van der Waals surface area contributed by atoms with E-state index in [0.717, 1.165) is 45.0 Å². The summed E-state index contributed by atoms with van der Waals surface area (Å²) in [6, 6.07) is 28.7. The van der Waals surface area contributed by atoms with Gasteiger partial charge in [-0.05, 0) is 64.5 Å². The van der Waals surface area contributed by atoms with Gasteiger partial charge in [0.05, 0.1) is 0 Å². The van der Waals surface area contributed by atoms with Gasteiger partial charge in [-0.2, -0.15) is 0 Å². The maximum atomic E-state index is 11.0. The van der Waals surface area contributed by atoms with Crippen molar-refractivity contribution in [2.45, 2.75) is 46.0 Å². The third-order valence-electron chi connectivity index (χ3n) is 7.53. The molecule has 0 radical (unpaired) electrons. The minimum Gasteiger partial charge on any atom is -0.505 e. The van der Waals surface area contributed by atoms with Crippen LogP contribution >= 0.6 is 0 Å². The van der Waals surface area contributed by atoms with Crippen LogP contribution in [0.2, 0.25) is 0 Å². The van der Waals surface area contributed by atoms with Gasteiger partial charge in [0.2, 0.25) is 0 Å². The van der Waals surface area contributed by atoms with Crippen LogP contribution < -0.4 is 4.90 Å². The summed E-state index contributed by atoms with van der Waals surface area (Å²) in [5.74, 6) is 1.33. The summed E-state index contributed by atoms with van der Waals surface area (Å²) in [4.78, 5) is 11.9. The molecule has 0 spiro atoms. The zero-order valence-corrected chi connectivity index (χ0v) is 24.5. The number of hydrogen-bond donors (Lipinski definition) is 1. The van der Waals surface area contributed by atoms with Crippen LogP contribution in [0.4, 0.5) is 17.2 Å². The molecule has 194 valence electrons. The fourth-order valence-electron chi connectivity index (χ4n) is 5.46. The van der Waals surface area contributed by atoms with E-state index >= 15 is 0 Å². The van der Waals surface area contributed by atoms with Gasteiger partial charge in [-0.1, -0.05) is 75.7 Å². The predicted octanol–water partition coefficient (Wildman–Crippen LogP) is 8.34. The molecule has 1 aliphatic rings. The van der Waals surface area contributed by atoms with E-state index in [1.165, 1.54) is 11.1 Å². The van der Waals surface area contributed by atoms with E-state index in [2.05, 4.69) is 88.0 Å². The third kappa shape index (κ3) is 4.12. The van der Waals surface area contributed by atoms with Gasteiger partial charge in [0.25, 0.3) is 0 Å². The zero-order chi connectivity index (χ0) is 25.9. The third-order valence-corrected chi connectivity index (χ3v) is 7.53. The number of para-hydroxylation sites is 1. The number of hydrogen-bond acceptors (Lipinski definition) is 4. The molecular formula is C33H30N3OPt-. The first-order valence-electron chi connectivity index (χ1n) is 12.8. The quantitative estimate of drug-likeness (QED) is 0.195. The molecule has 0 saturated carbocycles. The van der Waals surface area contributed by atoms with Crippen molar-refractivity contribution < 1.29 is 26.2 Å². The number of aromatic hydroxyl groups is 1. The summed E-state index contributed by atoms with van der Waals surface area (Å²) in [5.41, 5.74) is 8.65. The molecule has 0 atom stereocenters. The van der Waals surface area contributed by atoms with E-state index in [4.69, 9.17) is 9.97 Å². The molecule has 0 aliphatic carbocycles. The molecule has 0 unspecified atom stereocenters. The number of nitrogens with zero attached hydrogens (tertiary/aromatic N) is 3. The molecular weight excluding hydrogens is 649 g/mol. The topological polar surface area (TPSA) is 49.2 Å². The van der Waals surface area contributed by atoms with Gasteiger partial charge in [-0.15, -0.1) is 23.8 Å². The largest absolute Gasteiger partial charge is 0.505 e. The second-order valence-electron chi connectivity index (χ2n) is 10.7. The van der Waals surface area contributed by atoms with Crippen LogP contribution in [-0.2, 0) is 26.5 Å². The molecule has 4 nitrogen and oxygen atoms in total. The SMILES string of the molecule is Cc1ccnc(N2c3[c-]c(-c4ccc5ccc(C(C)C)c(O)c5n4)ccc3C(C)(C)c3ccccc32)c1.[Pt]. The molecule has 1 N–H and O–H groups in total. The van der Waals surface area contributed by atoms with Crippen molar-refractivity contribution >= 4 is 28.1 Å². The first-order chi connectivity index (χ1) is 17.8. The Bertz CT molecular complexity index is 1680. The van der Waals surface area contributed by atoms with Gasteiger partial charge in [0, 0.05) is 38.3 Å². The molecule has 3 aromatic carbocycles. The summed E-state index contributed by atoms with van der Waals surface area (Å²) < 4.78 is 0. The summed E-state index contributed by atoms with van der Waals surface area (Å²) in [6.07, 6.45) is 1.86. The van der Waals surface area contributed by atoms with E-state index in [9.17, 15) is 5.11 Å². The Kier molecular flexibility index (Phi) is 6.65. The van der Waals surface area contributed by atoms with Crippen molar-refractivity contribution in [3.05, 3.63) is 107 Å². The fraction of sp³-hybridized carbons (Fsp3) is 0.212. The van der Waals surface area contributed by atoms with Crippen molar-refractivity contribution in [2.75, 3.05) is 4.90 Å². The Morgan fingerprint density at radius 3 is 2.45 bits per heavy atom. The Hall–Kier alpha value is -3.49. The van der Waals surface area contributed by atoms with Gasteiger partial charge in [0.15, 0.2) is 0 Å². The Morgan fingerprint density at radius 2 is 1.68 bits per heavy atom. The molecule has 38 heavy (non-hydrogen) atoms. The van der Waals surface area contributed by atoms with Gasteiger partial charge in [0.1, 0.15) is 17.1 Å². The van der Waals surface area contributed by atoms with Crippen LogP contribution in [0.1, 0.15) is 55.9 Å². The van der Waals surface area contributed by atoms with Crippen LogP contribution in [0.25, 0.3) is 22.2 Å². The maximum Gasteiger partial charge on any atom is 0.144 e. The monoisotopic (exact) mass is 679 g/mol. The van der Waals surface area contributed by atoms with Crippen LogP contribution in [-0.4, -0.2) is 15.1 Å². The van der Waals surface area contributed by atoms with Crippen molar-refractivity contribution in [1.29, 1.82) is 0 Å². The van der Waals surface area contributed by atoms with E-state index < -0.39 is 0 Å². The Labute approximate surface area is 238 Å². The number of fused-ring (bicyclic) bond motifs is 3. The molecule has 1 aliphatic heterocycles. The van der Waals surface area contributed by atoms with Crippen LogP contribution in [0.3, 0.4) is 0 Å². The van der Waals surface area contributed by atoms with E-state index in [1.807, 2.05) is 36.5 Å². The molecule has 0 saturated heterocycles. The number of benzene rings is 3. The molecule has 5 aromatic rings. The molecule has 2 aromatic heterocycles. The normalized spacial score (nSPS) is 13.7. The van der Waals surface area contributed by atoms with Gasteiger partial charge in [-0.25, -0.2) is 4.98 Å². The molecule has 0 amide bonds. The van der Waals surface area contributed by atoms with Crippen molar-refractivity contribution in [3.8, 4) is 17.0 Å². The Morgan fingerprint density at radius 1 is 0.921 bits per heavy atom. The second kappa shape index (κ2) is 9.67. The minimum atomic E-state index is -0.206. The molecule has 3 heterocycles. The van der Waals surface area contributed by atoms with Crippen LogP contribution in [0.15, 0.2) is 79.0 Å². The summed E-state index contributed by atoms with van der Waals surface area (Å²) >= 11 is 0. The van der Waals surface area contributed by atoms with Crippen molar-refractivity contribution in [1.82, 2.24) is 9.97 Å². The minimum absolute atomic E-state index is 0. The average molecular weight is 680 g/mol. The molecule has 0 fully saturated rings. The molecule has 5 heteroatoms. The van der Waals surface area contributed by atoms with Gasteiger partial charge < -0.3 is 10.0 Å². The van der Waals surface area contributed by atoms with E-state index in [0.29, 0.717) is 5.52 Å². The fourth-order valence-corrected chi connectivity index (χ4v) is 5.46. The van der Waals surface area contributed by atoms with Crippen LogP contribution in [0.5, 0.6) is 5.75 Å². The number of aromatic nitrogens is 2. The smallest absolute Gasteiger partial charge is 0.144 e. The summed E-state index contributed by atoms with van der Waals surface area (Å²) in [6.45, 7) is 10.8. The molecule has 0 bridgehead atoms. The molecule has 6 rings (SSSR count). The zero-order valence-electron chi connectivity index (χ0n) is 22.2. The van der Waals surface area contributed by atoms with Crippen molar-refractivity contribution in [3.63, 3.8) is 0 Å². The van der Waals surface area contributed by atoms with Crippen LogP contribution in [0, 0.1) is 13.0 Å². The standard InChI is InChI=1S/C33H30N3O.Pt/c1-20(2)24-13-10-22-12-15-27(35-31(22)32(24)37)23-11-14-26-29(19-23)36(30-18-21(3)16-17-34-30)28-9-7-6-8-25(28)33(26,4)5;/h6-18,20,37H,1-5H3;/q-1;. The van der Waals surface area contributed by atoms with Gasteiger partial charge in [-0.3, -0.25) is 4.98 Å². The number of phenolic OH excluding ortho intramolecular Hbond substituents is 1. The number of anilines is 3. The maximum absolute atomic E-state index is 11.0. The summed E-state index contributed by atoms with van der Waals surface area (Å²) in [7, 11) is 0. The average Bonchev–Trinajstić information content (AvgIpc) is 2.88. The van der Waals surface area contributed by atoms with Gasteiger partial charge >= 0.3 is 0 Å². The van der Waals surface area contributed by atoms with E-state index in [1.54, 1.807) is 0 Å². The number of pyridine rings is 2.